The van der Waals surface area contributed by atoms with E-state index in [1.165, 1.54) is 5.56 Å². The molecule has 4 nitrogen and oxygen atoms in total. The number of halogens is 1. The van der Waals surface area contributed by atoms with Gasteiger partial charge in [-0.3, -0.25) is 4.90 Å². The molecule has 1 aromatic heterocycles. The maximum atomic E-state index is 6.15. The fraction of sp³-hybridized carbons (Fsp3) is 0.438. The molecule has 118 valence electrons. The second kappa shape index (κ2) is 7.53. The highest BCUT2D eigenvalue weighted by atomic mass is 35.5. The van der Waals surface area contributed by atoms with E-state index in [-0.39, 0.29) is 0 Å². The molecule has 0 radical (unpaired) electrons. The third kappa shape index (κ3) is 3.86. The standard InChI is InChI=1S/C16H20ClN3OS/c1-21-10-16-19-14(11-22-16)9-20-6-5-18-8-15(20)12-3-2-4-13(17)7-12/h2-4,7,11,15,18H,5-6,8-10H2,1H3. The fourth-order valence-electron chi connectivity index (χ4n) is 2.80. The Morgan fingerprint density at radius 3 is 3.23 bits per heavy atom. The summed E-state index contributed by atoms with van der Waals surface area (Å²) in [4.78, 5) is 7.11. The molecule has 1 aliphatic heterocycles. The predicted molar refractivity (Wildman–Crippen MR) is 90.3 cm³/mol. The summed E-state index contributed by atoms with van der Waals surface area (Å²) < 4.78 is 5.14. The van der Waals surface area contributed by atoms with Gasteiger partial charge in [-0.05, 0) is 17.7 Å². The van der Waals surface area contributed by atoms with Crippen molar-refractivity contribution in [1.29, 1.82) is 0 Å². The van der Waals surface area contributed by atoms with Crippen LogP contribution in [-0.4, -0.2) is 36.6 Å². The van der Waals surface area contributed by atoms with Gasteiger partial charge in [-0.15, -0.1) is 11.3 Å². The predicted octanol–water partition coefficient (Wildman–Crippen LogP) is 3.09. The average molecular weight is 338 g/mol. The Morgan fingerprint density at radius 1 is 1.50 bits per heavy atom. The third-order valence-corrected chi connectivity index (χ3v) is 4.93. The highest BCUT2D eigenvalue weighted by Gasteiger charge is 2.24. The summed E-state index contributed by atoms with van der Waals surface area (Å²) in [6, 6.07) is 8.48. The molecule has 0 bridgehead atoms. The molecule has 0 spiro atoms. The van der Waals surface area contributed by atoms with Gasteiger partial charge in [0.25, 0.3) is 0 Å². The Hall–Kier alpha value is -0.980. The SMILES string of the molecule is COCc1nc(CN2CCNCC2c2cccc(Cl)c2)cs1. The summed E-state index contributed by atoms with van der Waals surface area (Å²) in [5.74, 6) is 0. The number of thiazole rings is 1. The topological polar surface area (TPSA) is 37.4 Å². The van der Waals surface area contributed by atoms with E-state index in [1.54, 1.807) is 18.4 Å². The first-order valence-corrected chi connectivity index (χ1v) is 8.64. The van der Waals surface area contributed by atoms with E-state index in [2.05, 4.69) is 32.7 Å². The van der Waals surface area contributed by atoms with E-state index in [9.17, 15) is 0 Å². The van der Waals surface area contributed by atoms with Gasteiger partial charge in [0.15, 0.2) is 0 Å². The van der Waals surface area contributed by atoms with Crippen LogP contribution in [0.3, 0.4) is 0 Å². The number of rotatable bonds is 5. The zero-order valence-electron chi connectivity index (χ0n) is 12.6. The molecule has 0 amide bonds. The van der Waals surface area contributed by atoms with Crippen LogP contribution < -0.4 is 5.32 Å². The van der Waals surface area contributed by atoms with Crippen molar-refractivity contribution in [3.63, 3.8) is 0 Å². The number of nitrogens with zero attached hydrogens (tertiary/aromatic N) is 2. The minimum atomic E-state index is 0.333. The quantitative estimate of drug-likeness (QED) is 0.909. The van der Waals surface area contributed by atoms with Crippen molar-refractivity contribution in [2.45, 2.75) is 19.2 Å². The van der Waals surface area contributed by atoms with Crippen LogP contribution in [0, 0.1) is 0 Å². The van der Waals surface area contributed by atoms with Crippen molar-refractivity contribution in [1.82, 2.24) is 15.2 Å². The number of nitrogens with one attached hydrogen (secondary N) is 1. The minimum absolute atomic E-state index is 0.333. The number of hydrogen-bond donors (Lipinski definition) is 1. The summed E-state index contributed by atoms with van der Waals surface area (Å²) in [5.41, 5.74) is 2.37. The first kappa shape index (κ1) is 15.9. The average Bonchev–Trinajstić information content (AvgIpc) is 2.95. The summed E-state index contributed by atoms with van der Waals surface area (Å²) in [6.07, 6.45) is 0. The van der Waals surface area contributed by atoms with Gasteiger partial charge < -0.3 is 10.1 Å². The molecule has 1 aromatic carbocycles. The molecule has 1 atom stereocenters. The zero-order chi connectivity index (χ0) is 15.4. The summed E-state index contributed by atoms with van der Waals surface area (Å²) in [6.45, 7) is 4.40. The Morgan fingerprint density at radius 2 is 2.41 bits per heavy atom. The van der Waals surface area contributed by atoms with Gasteiger partial charge in [0, 0.05) is 49.7 Å². The maximum Gasteiger partial charge on any atom is 0.119 e. The molecule has 1 saturated heterocycles. The van der Waals surface area contributed by atoms with E-state index in [1.807, 2.05) is 12.1 Å². The lowest BCUT2D eigenvalue weighted by molar-refractivity contribution is 0.151. The molecule has 2 aromatic rings. The summed E-state index contributed by atoms with van der Waals surface area (Å²) in [7, 11) is 1.70. The lowest BCUT2D eigenvalue weighted by Crippen LogP contribution is -2.45. The molecule has 2 heterocycles. The number of ether oxygens (including phenoxy) is 1. The van der Waals surface area contributed by atoms with Gasteiger partial charge in [0.1, 0.15) is 5.01 Å². The molecule has 6 heteroatoms. The van der Waals surface area contributed by atoms with Crippen molar-refractivity contribution in [2.24, 2.45) is 0 Å². The van der Waals surface area contributed by atoms with Crippen LogP contribution in [0.1, 0.15) is 22.3 Å². The van der Waals surface area contributed by atoms with Gasteiger partial charge in [-0.25, -0.2) is 4.98 Å². The summed E-state index contributed by atoms with van der Waals surface area (Å²) >= 11 is 7.81. The molecular formula is C16H20ClN3OS. The number of methoxy groups -OCH3 is 1. The van der Waals surface area contributed by atoms with E-state index in [0.29, 0.717) is 12.6 Å². The second-order valence-corrected chi connectivity index (χ2v) is 6.79. The molecule has 0 saturated carbocycles. The number of aromatic nitrogens is 1. The van der Waals surface area contributed by atoms with Crippen LogP contribution >= 0.6 is 22.9 Å². The normalized spacial score (nSPS) is 19.5. The number of benzene rings is 1. The Kier molecular flexibility index (Phi) is 5.44. The van der Waals surface area contributed by atoms with E-state index in [4.69, 9.17) is 16.3 Å². The highest BCUT2D eigenvalue weighted by Crippen LogP contribution is 2.26. The van der Waals surface area contributed by atoms with Crippen molar-refractivity contribution in [3.8, 4) is 0 Å². The third-order valence-electron chi connectivity index (χ3n) is 3.82. The zero-order valence-corrected chi connectivity index (χ0v) is 14.2. The van der Waals surface area contributed by atoms with Crippen molar-refractivity contribution < 1.29 is 4.74 Å². The largest absolute Gasteiger partial charge is 0.378 e. The van der Waals surface area contributed by atoms with Gasteiger partial charge in [0.05, 0.1) is 12.3 Å². The number of piperazine rings is 1. The van der Waals surface area contributed by atoms with E-state index in [0.717, 1.165) is 41.9 Å². The van der Waals surface area contributed by atoms with E-state index >= 15 is 0 Å². The van der Waals surface area contributed by atoms with Crippen LogP contribution in [0.15, 0.2) is 29.6 Å². The molecule has 1 N–H and O–H groups in total. The van der Waals surface area contributed by atoms with Crippen LogP contribution in [0.2, 0.25) is 5.02 Å². The molecule has 3 rings (SSSR count). The Bertz CT molecular complexity index is 619. The van der Waals surface area contributed by atoms with Gasteiger partial charge in [0.2, 0.25) is 0 Å². The lowest BCUT2D eigenvalue weighted by Gasteiger charge is -2.36. The first-order chi connectivity index (χ1) is 10.8. The van der Waals surface area contributed by atoms with Gasteiger partial charge in [-0.1, -0.05) is 23.7 Å². The minimum Gasteiger partial charge on any atom is -0.378 e. The maximum absolute atomic E-state index is 6.15. The molecule has 22 heavy (non-hydrogen) atoms. The van der Waals surface area contributed by atoms with Crippen LogP contribution in [0.25, 0.3) is 0 Å². The summed E-state index contributed by atoms with van der Waals surface area (Å²) in [5, 5.41) is 7.43. The van der Waals surface area contributed by atoms with Crippen molar-refractivity contribution >= 4 is 22.9 Å². The molecule has 0 aliphatic carbocycles. The van der Waals surface area contributed by atoms with Crippen LogP contribution in [0.5, 0.6) is 0 Å². The monoisotopic (exact) mass is 337 g/mol. The number of hydrogen-bond acceptors (Lipinski definition) is 5. The van der Waals surface area contributed by atoms with E-state index < -0.39 is 0 Å². The van der Waals surface area contributed by atoms with Gasteiger partial charge >= 0.3 is 0 Å². The lowest BCUT2D eigenvalue weighted by atomic mass is 10.0. The smallest absolute Gasteiger partial charge is 0.119 e. The van der Waals surface area contributed by atoms with Crippen LogP contribution in [-0.2, 0) is 17.9 Å². The van der Waals surface area contributed by atoms with Crippen molar-refractivity contribution in [2.75, 3.05) is 26.7 Å². The van der Waals surface area contributed by atoms with Gasteiger partial charge in [-0.2, -0.15) is 0 Å². The molecule has 1 fully saturated rings. The van der Waals surface area contributed by atoms with Crippen molar-refractivity contribution in [3.05, 3.63) is 50.9 Å². The Labute approximate surface area is 140 Å². The molecular weight excluding hydrogens is 318 g/mol. The molecule has 1 aliphatic rings. The fourth-order valence-corrected chi connectivity index (χ4v) is 3.75. The molecule has 1 unspecified atom stereocenters. The second-order valence-electron chi connectivity index (χ2n) is 5.41. The first-order valence-electron chi connectivity index (χ1n) is 7.38. The van der Waals surface area contributed by atoms with Crippen LogP contribution in [0.4, 0.5) is 0 Å². The Balaban J connectivity index is 1.74. The highest BCUT2D eigenvalue weighted by molar-refractivity contribution is 7.09.